The highest BCUT2D eigenvalue weighted by Gasteiger charge is 2.03. The molecule has 1 aromatic carbocycles. The maximum Gasteiger partial charge on any atom is 0.164 e. The van der Waals surface area contributed by atoms with E-state index in [0.717, 1.165) is 0 Å². The van der Waals surface area contributed by atoms with Gasteiger partial charge in [-0.1, -0.05) is 0 Å². The Labute approximate surface area is 70.8 Å². The SMILES string of the molecule is COc1ccc(ON)cc1OC. The first kappa shape index (κ1) is 8.67. The summed E-state index contributed by atoms with van der Waals surface area (Å²) in [6.45, 7) is 0. The molecule has 0 radical (unpaired) electrons. The van der Waals surface area contributed by atoms with Gasteiger partial charge in [0, 0.05) is 6.07 Å². The van der Waals surface area contributed by atoms with E-state index in [1.165, 1.54) is 0 Å². The molecule has 1 rings (SSSR count). The summed E-state index contributed by atoms with van der Waals surface area (Å²) >= 11 is 0. The summed E-state index contributed by atoms with van der Waals surface area (Å²) in [6.07, 6.45) is 0. The summed E-state index contributed by atoms with van der Waals surface area (Å²) in [4.78, 5) is 4.52. The fourth-order valence-electron chi connectivity index (χ4n) is 0.890. The van der Waals surface area contributed by atoms with Gasteiger partial charge in [-0.15, -0.1) is 0 Å². The molecule has 0 heterocycles. The third kappa shape index (κ3) is 1.60. The Bertz CT molecular complexity index is 262. The van der Waals surface area contributed by atoms with Crippen LogP contribution in [0.4, 0.5) is 0 Å². The standard InChI is InChI=1S/C8H11NO3/c1-10-7-4-3-6(12-9)5-8(7)11-2/h3-5H,9H2,1-2H3. The van der Waals surface area contributed by atoms with E-state index in [2.05, 4.69) is 4.84 Å². The van der Waals surface area contributed by atoms with Gasteiger partial charge < -0.3 is 14.3 Å². The molecular formula is C8H11NO3. The molecule has 0 fully saturated rings. The topological polar surface area (TPSA) is 53.7 Å². The van der Waals surface area contributed by atoms with Crippen LogP contribution in [-0.4, -0.2) is 14.2 Å². The quantitative estimate of drug-likeness (QED) is 0.684. The smallest absolute Gasteiger partial charge is 0.164 e. The van der Waals surface area contributed by atoms with Crippen LogP contribution in [0.3, 0.4) is 0 Å². The minimum Gasteiger partial charge on any atom is -0.493 e. The first-order chi connectivity index (χ1) is 5.81. The van der Waals surface area contributed by atoms with Crippen molar-refractivity contribution in [1.29, 1.82) is 0 Å². The molecule has 0 aliphatic heterocycles. The fraction of sp³-hybridized carbons (Fsp3) is 0.250. The van der Waals surface area contributed by atoms with E-state index in [-0.39, 0.29) is 0 Å². The first-order valence-electron chi connectivity index (χ1n) is 3.40. The average Bonchev–Trinajstić information content (AvgIpc) is 2.16. The Morgan fingerprint density at radius 3 is 2.25 bits per heavy atom. The van der Waals surface area contributed by atoms with Gasteiger partial charge in [0.2, 0.25) is 0 Å². The Kier molecular flexibility index (Phi) is 2.76. The van der Waals surface area contributed by atoms with E-state index in [1.807, 2.05) is 0 Å². The zero-order chi connectivity index (χ0) is 8.97. The van der Waals surface area contributed by atoms with Gasteiger partial charge in [-0.05, 0) is 12.1 Å². The van der Waals surface area contributed by atoms with Crippen molar-refractivity contribution in [2.45, 2.75) is 0 Å². The molecule has 0 bridgehead atoms. The Hall–Kier alpha value is -1.42. The number of benzene rings is 1. The van der Waals surface area contributed by atoms with E-state index in [4.69, 9.17) is 15.4 Å². The van der Waals surface area contributed by atoms with Gasteiger partial charge >= 0.3 is 0 Å². The van der Waals surface area contributed by atoms with E-state index in [1.54, 1.807) is 32.4 Å². The predicted molar refractivity (Wildman–Crippen MR) is 44.4 cm³/mol. The third-order valence-corrected chi connectivity index (χ3v) is 1.49. The lowest BCUT2D eigenvalue weighted by Gasteiger charge is -2.07. The lowest BCUT2D eigenvalue weighted by Crippen LogP contribution is -2.02. The predicted octanol–water partition coefficient (Wildman–Crippen LogP) is 0.956. The van der Waals surface area contributed by atoms with Crippen molar-refractivity contribution in [1.82, 2.24) is 0 Å². The number of ether oxygens (including phenoxy) is 2. The van der Waals surface area contributed by atoms with Gasteiger partial charge in [0.15, 0.2) is 17.2 Å². The molecule has 2 N–H and O–H groups in total. The van der Waals surface area contributed by atoms with Gasteiger partial charge in [0.25, 0.3) is 0 Å². The van der Waals surface area contributed by atoms with Crippen LogP contribution < -0.4 is 20.2 Å². The van der Waals surface area contributed by atoms with Crippen molar-refractivity contribution in [2.75, 3.05) is 14.2 Å². The summed E-state index contributed by atoms with van der Waals surface area (Å²) in [6, 6.07) is 5.07. The number of methoxy groups -OCH3 is 2. The van der Waals surface area contributed by atoms with Gasteiger partial charge in [-0.2, -0.15) is 5.90 Å². The van der Waals surface area contributed by atoms with Crippen molar-refractivity contribution >= 4 is 0 Å². The second-order valence-electron chi connectivity index (χ2n) is 2.13. The summed E-state index contributed by atoms with van der Waals surface area (Å²) in [5.41, 5.74) is 0. The van der Waals surface area contributed by atoms with Crippen LogP contribution in [0.15, 0.2) is 18.2 Å². The summed E-state index contributed by atoms with van der Waals surface area (Å²) < 4.78 is 10.0. The minimum atomic E-state index is 0.535. The van der Waals surface area contributed by atoms with Crippen LogP contribution in [0.5, 0.6) is 17.2 Å². The molecule has 0 unspecified atom stereocenters. The normalized spacial score (nSPS) is 9.25. The summed E-state index contributed by atoms with van der Waals surface area (Å²) in [5.74, 6) is 6.75. The maximum absolute atomic E-state index is 5.02. The van der Waals surface area contributed by atoms with Gasteiger partial charge in [-0.3, -0.25) is 0 Å². The third-order valence-electron chi connectivity index (χ3n) is 1.49. The number of hydrogen-bond donors (Lipinski definition) is 1. The molecule has 0 aliphatic rings. The Morgan fingerprint density at radius 1 is 1.08 bits per heavy atom. The minimum absolute atomic E-state index is 0.535. The van der Waals surface area contributed by atoms with Crippen molar-refractivity contribution in [2.24, 2.45) is 5.90 Å². The van der Waals surface area contributed by atoms with E-state index < -0.39 is 0 Å². The molecule has 12 heavy (non-hydrogen) atoms. The summed E-state index contributed by atoms with van der Waals surface area (Å²) in [5, 5.41) is 0. The molecular weight excluding hydrogens is 158 g/mol. The lowest BCUT2D eigenvalue weighted by atomic mass is 10.3. The van der Waals surface area contributed by atoms with Crippen molar-refractivity contribution in [3.63, 3.8) is 0 Å². The monoisotopic (exact) mass is 169 g/mol. The lowest BCUT2D eigenvalue weighted by molar-refractivity contribution is 0.323. The van der Waals surface area contributed by atoms with Gasteiger partial charge in [0.1, 0.15) is 0 Å². The summed E-state index contributed by atoms with van der Waals surface area (Å²) in [7, 11) is 3.12. The van der Waals surface area contributed by atoms with E-state index in [0.29, 0.717) is 17.2 Å². The zero-order valence-electron chi connectivity index (χ0n) is 7.03. The Morgan fingerprint density at radius 2 is 1.75 bits per heavy atom. The van der Waals surface area contributed by atoms with Crippen LogP contribution in [0.1, 0.15) is 0 Å². The molecule has 0 atom stereocenters. The average molecular weight is 169 g/mol. The molecule has 0 saturated carbocycles. The highest BCUT2D eigenvalue weighted by atomic mass is 16.6. The van der Waals surface area contributed by atoms with Crippen LogP contribution in [0, 0.1) is 0 Å². The van der Waals surface area contributed by atoms with Gasteiger partial charge in [-0.25, -0.2) is 0 Å². The first-order valence-corrected chi connectivity index (χ1v) is 3.40. The molecule has 0 spiro atoms. The van der Waals surface area contributed by atoms with Crippen molar-refractivity contribution in [3.8, 4) is 17.2 Å². The fourth-order valence-corrected chi connectivity index (χ4v) is 0.890. The van der Waals surface area contributed by atoms with Crippen LogP contribution in [-0.2, 0) is 0 Å². The second-order valence-corrected chi connectivity index (χ2v) is 2.13. The number of rotatable bonds is 3. The second kappa shape index (κ2) is 3.82. The molecule has 66 valence electrons. The largest absolute Gasteiger partial charge is 0.493 e. The molecule has 0 aliphatic carbocycles. The molecule has 4 nitrogen and oxygen atoms in total. The van der Waals surface area contributed by atoms with Crippen LogP contribution in [0.2, 0.25) is 0 Å². The molecule has 1 aromatic rings. The molecule has 0 aromatic heterocycles. The maximum atomic E-state index is 5.02. The number of hydrogen-bond acceptors (Lipinski definition) is 4. The zero-order valence-corrected chi connectivity index (χ0v) is 7.03. The van der Waals surface area contributed by atoms with E-state index in [9.17, 15) is 0 Å². The van der Waals surface area contributed by atoms with Crippen molar-refractivity contribution in [3.05, 3.63) is 18.2 Å². The molecule has 0 amide bonds. The van der Waals surface area contributed by atoms with Gasteiger partial charge in [0.05, 0.1) is 14.2 Å². The van der Waals surface area contributed by atoms with Crippen LogP contribution in [0.25, 0.3) is 0 Å². The Balaban J connectivity index is 3.02. The highest BCUT2D eigenvalue weighted by Crippen LogP contribution is 2.30. The molecule has 0 saturated heterocycles. The van der Waals surface area contributed by atoms with E-state index >= 15 is 0 Å². The van der Waals surface area contributed by atoms with Crippen molar-refractivity contribution < 1.29 is 14.3 Å². The van der Waals surface area contributed by atoms with Crippen LogP contribution >= 0.6 is 0 Å². The highest BCUT2D eigenvalue weighted by molar-refractivity contribution is 5.45. The number of nitrogens with two attached hydrogens (primary N) is 1. The molecule has 4 heteroatoms.